The number of aliphatic carboxylic acids is 1. The van der Waals surface area contributed by atoms with Gasteiger partial charge in [0.1, 0.15) is 11.7 Å². The SMILES string of the molecule is CC(=O)c1c[nH]c(C(=O)NC(CC(N)=O)C(=O)O)c1. The van der Waals surface area contributed by atoms with Gasteiger partial charge < -0.3 is 21.1 Å². The predicted molar refractivity (Wildman–Crippen MR) is 63.5 cm³/mol. The first-order valence-electron chi connectivity index (χ1n) is 5.32. The smallest absolute Gasteiger partial charge is 0.326 e. The van der Waals surface area contributed by atoms with Gasteiger partial charge in [-0.05, 0) is 13.0 Å². The van der Waals surface area contributed by atoms with Crippen molar-refractivity contribution in [1.29, 1.82) is 0 Å². The summed E-state index contributed by atoms with van der Waals surface area (Å²) in [7, 11) is 0. The fourth-order valence-corrected chi connectivity index (χ4v) is 1.37. The quantitative estimate of drug-likeness (QED) is 0.503. The van der Waals surface area contributed by atoms with Gasteiger partial charge in [-0.25, -0.2) is 4.79 Å². The lowest BCUT2D eigenvalue weighted by atomic mass is 10.2. The molecule has 19 heavy (non-hydrogen) atoms. The molecular formula is C11H13N3O5. The molecule has 1 rings (SSSR count). The van der Waals surface area contributed by atoms with Crippen LogP contribution in [0.4, 0.5) is 0 Å². The van der Waals surface area contributed by atoms with E-state index in [2.05, 4.69) is 10.3 Å². The molecule has 1 heterocycles. The zero-order chi connectivity index (χ0) is 14.6. The van der Waals surface area contributed by atoms with E-state index in [0.717, 1.165) is 0 Å². The lowest BCUT2D eigenvalue weighted by Gasteiger charge is -2.11. The number of carbonyl (C=O) groups excluding carboxylic acids is 3. The summed E-state index contributed by atoms with van der Waals surface area (Å²) in [4.78, 5) is 46.8. The average Bonchev–Trinajstić information content (AvgIpc) is 2.76. The van der Waals surface area contributed by atoms with Crippen LogP contribution in [0, 0.1) is 0 Å². The van der Waals surface area contributed by atoms with Gasteiger partial charge in [-0.2, -0.15) is 0 Å². The van der Waals surface area contributed by atoms with Crippen LogP contribution >= 0.6 is 0 Å². The van der Waals surface area contributed by atoms with Gasteiger partial charge in [-0.3, -0.25) is 14.4 Å². The summed E-state index contributed by atoms with van der Waals surface area (Å²) in [6, 6.07) is -0.116. The van der Waals surface area contributed by atoms with Gasteiger partial charge in [0.15, 0.2) is 5.78 Å². The molecular weight excluding hydrogens is 254 g/mol. The first kappa shape index (κ1) is 14.4. The Hall–Kier alpha value is -2.64. The maximum Gasteiger partial charge on any atom is 0.326 e. The average molecular weight is 267 g/mol. The Morgan fingerprint density at radius 2 is 2.05 bits per heavy atom. The minimum absolute atomic E-state index is 0.0286. The van der Waals surface area contributed by atoms with Crippen LogP contribution in [0.2, 0.25) is 0 Å². The number of primary amides is 1. The van der Waals surface area contributed by atoms with Gasteiger partial charge in [0.05, 0.1) is 6.42 Å². The number of aromatic nitrogens is 1. The van der Waals surface area contributed by atoms with Crippen molar-refractivity contribution in [3.63, 3.8) is 0 Å². The van der Waals surface area contributed by atoms with Gasteiger partial charge in [-0.15, -0.1) is 0 Å². The fraction of sp³-hybridized carbons (Fsp3) is 0.273. The van der Waals surface area contributed by atoms with Crippen molar-refractivity contribution < 1.29 is 24.3 Å². The van der Waals surface area contributed by atoms with Gasteiger partial charge >= 0.3 is 5.97 Å². The number of rotatable bonds is 6. The molecule has 1 unspecified atom stereocenters. The van der Waals surface area contributed by atoms with Crippen LogP contribution in [-0.4, -0.2) is 39.7 Å². The van der Waals surface area contributed by atoms with Crippen LogP contribution in [0.15, 0.2) is 12.3 Å². The van der Waals surface area contributed by atoms with Crippen LogP contribution in [0.5, 0.6) is 0 Å². The third-order valence-electron chi connectivity index (χ3n) is 2.34. The summed E-state index contributed by atoms with van der Waals surface area (Å²) in [5.74, 6) is -3.18. The Kier molecular flexibility index (Phi) is 4.41. The molecule has 0 aliphatic rings. The molecule has 1 atom stereocenters. The number of carboxylic acid groups (broad SMARTS) is 1. The second-order valence-electron chi connectivity index (χ2n) is 3.89. The third-order valence-corrected chi connectivity index (χ3v) is 2.34. The van der Waals surface area contributed by atoms with Crippen molar-refractivity contribution in [2.45, 2.75) is 19.4 Å². The van der Waals surface area contributed by atoms with E-state index >= 15 is 0 Å². The number of Topliss-reactive ketones (excluding diaryl/α,β-unsaturated/α-hetero) is 1. The van der Waals surface area contributed by atoms with Gasteiger partial charge in [0.25, 0.3) is 5.91 Å². The normalized spacial score (nSPS) is 11.6. The lowest BCUT2D eigenvalue weighted by Crippen LogP contribution is -2.43. The number of ketones is 1. The molecule has 0 aliphatic heterocycles. The monoisotopic (exact) mass is 267 g/mol. The van der Waals surface area contributed by atoms with E-state index in [9.17, 15) is 19.2 Å². The molecule has 0 aliphatic carbocycles. The molecule has 0 spiro atoms. The summed E-state index contributed by atoms with van der Waals surface area (Å²) < 4.78 is 0. The maximum absolute atomic E-state index is 11.7. The molecule has 2 amide bonds. The lowest BCUT2D eigenvalue weighted by molar-refractivity contribution is -0.140. The van der Waals surface area contributed by atoms with Crippen LogP contribution in [-0.2, 0) is 9.59 Å². The summed E-state index contributed by atoms with van der Waals surface area (Å²) in [5, 5.41) is 11.0. The standard InChI is InChI=1S/C11H13N3O5/c1-5(15)6-2-7(13-4-6)10(17)14-8(11(18)19)3-9(12)16/h2,4,8,13H,3H2,1H3,(H2,12,16)(H,14,17)(H,18,19). The number of nitrogens with one attached hydrogen (secondary N) is 2. The van der Waals surface area contributed by atoms with Crippen LogP contribution in [0.25, 0.3) is 0 Å². The van der Waals surface area contributed by atoms with Crippen molar-refractivity contribution >= 4 is 23.6 Å². The molecule has 1 aromatic rings. The Morgan fingerprint density at radius 1 is 1.42 bits per heavy atom. The summed E-state index contributed by atoms with van der Waals surface area (Å²) in [6.07, 6.45) is 0.822. The van der Waals surface area contributed by atoms with E-state index < -0.39 is 30.2 Å². The number of aromatic amines is 1. The Morgan fingerprint density at radius 3 is 2.47 bits per heavy atom. The topological polar surface area (TPSA) is 142 Å². The number of carbonyl (C=O) groups is 4. The molecule has 0 radical (unpaired) electrons. The highest BCUT2D eigenvalue weighted by molar-refractivity contribution is 6.00. The van der Waals surface area contributed by atoms with E-state index in [-0.39, 0.29) is 11.5 Å². The molecule has 5 N–H and O–H groups in total. The van der Waals surface area contributed by atoms with Gasteiger partial charge in [0, 0.05) is 11.8 Å². The Bertz CT molecular complexity index is 534. The van der Waals surface area contributed by atoms with E-state index in [1.165, 1.54) is 19.2 Å². The molecule has 0 fully saturated rings. The number of H-pyrrole nitrogens is 1. The highest BCUT2D eigenvalue weighted by Crippen LogP contribution is 2.05. The molecule has 0 aromatic carbocycles. The molecule has 0 bridgehead atoms. The molecule has 8 heteroatoms. The zero-order valence-electron chi connectivity index (χ0n) is 10.1. The zero-order valence-corrected chi connectivity index (χ0v) is 10.1. The van der Waals surface area contributed by atoms with Crippen molar-refractivity contribution in [2.75, 3.05) is 0 Å². The van der Waals surface area contributed by atoms with E-state index in [1.807, 2.05) is 0 Å². The molecule has 0 saturated carbocycles. The molecule has 0 saturated heterocycles. The second-order valence-corrected chi connectivity index (χ2v) is 3.89. The maximum atomic E-state index is 11.7. The summed E-state index contributed by atoms with van der Waals surface area (Å²) >= 11 is 0. The molecule has 1 aromatic heterocycles. The van der Waals surface area contributed by atoms with Crippen molar-refractivity contribution in [3.05, 3.63) is 23.5 Å². The highest BCUT2D eigenvalue weighted by atomic mass is 16.4. The first-order chi connectivity index (χ1) is 8.81. The van der Waals surface area contributed by atoms with E-state index in [1.54, 1.807) is 0 Å². The predicted octanol–water partition coefficient (Wildman–Crippen LogP) is -0.724. The van der Waals surface area contributed by atoms with Crippen molar-refractivity contribution in [1.82, 2.24) is 10.3 Å². The minimum Gasteiger partial charge on any atom is -0.480 e. The molecule has 102 valence electrons. The molecule has 8 nitrogen and oxygen atoms in total. The van der Waals surface area contributed by atoms with Crippen LogP contribution in [0.3, 0.4) is 0 Å². The number of hydrogen-bond acceptors (Lipinski definition) is 4. The third kappa shape index (κ3) is 3.95. The van der Waals surface area contributed by atoms with Gasteiger partial charge in [0.2, 0.25) is 5.91 Å². The van der Waals surface area contributed by atoms with Gasteiger partial charge in [-0.1, -0.05) is 0 Å². The highest BCUT2D eigenvalue weighted by Gasteiger charge is 2.23. The van der Waals surface area contributed by atoms with E-state index in [0.29, 0.717) is 5.56 Å². The largest absolute Gasteiger partial charge is 0.480 e. The number of hydrogen-bond donors (Lipinski definition) is 4. The van der Waals surface area contributed by atoms with Crippen molar-refractivity contribution in [2.24, 2.45) is 5.73 Å². The Labute approximate surface area is 108 Å². The number of carboxylic acids is 1. The van der Waals surface area contributed by atoms with Crippen molar-refractivity contribution in [3.8, 4) is 0 Å². The number of amides is 2. The van der Waals surface area contributed by atoms with Crippen LogP contribution in [0.1, 0.15) is 34.2 Å². The number of nitrogens with two attached hydrogens (primary N) is 1. The van der Waals surface area contributed by atoms with Crippen LogP contribution < -0.4 is 11.1 Å². The first-order valence-corrected chi connectivity index (χ1v) is 5.32. The Balaban J connectivity index is 2.78. The summed E-state index contributed by atoms with van der Waals surface area (Å²) in [5.41, 5.74) is 5.21. The second kappa shape index (κ2) is 5.80. The fourth-order valence-electron chi connectivity index (χ4n) is 1.37. The summed E-state index contributed by atoms with van der Waals surface area (Å²) in [6.45, 7) is 1.33. The minimum atomic E-state index is -1.41. The van der Waals surface area contributed by atoms with E-state index in [4.69, 9.17) is 10.8 Å².